The lowest BCUT2D eigenvalue weighted by atomic mass is 10.0. The Hall–Kier alpha value is -2.35. The molecule has 2 amide bonds. The van der Waals surface area contributed by atoms with Crippen molar-refractivity contribution in [3.8, 4) is 0 Å². The molecule has 28 heavy (non-hydrogen) atoms. The van der Waals surface area contributed by atoms with Gasteiger partial charge in [-0.3, -0.25) is 0 Å². The number of carboxylic acids is 1. The number of halogens is 3. The Morgan fingerprint density at radius 2 is 2.07 bits per heavy atom. The standard InChI is InChI=1S/C19H19ClFN3O3.ClH/c20-15-3-1-2-12(8-15)17-11-22-6-7-24(17)19(27)23-10-14-5-4-13(18(25)26)9-16(14)21;/h1-5,8-9,17,22H,6-7,10-11H2,(H,23,27)(H,25,26);1H. The van der Waals surface area contributed by atoms with Crippen molar-refractivity contribution >= 4 is 36.0 Å². The first-order valence-corrected chi connectivity index (χ1v) is 8.86. The van der Waals surface area contributed by atoms with Gasteiger partial charge in [0, 0.05) is 36.8 Å². The predicted octanol–water partition coefficient (Wildman–Crippen LogP) is 3.46. The van der Waals surface area contributed by atoms with Gasteiger partial charge in [0.05, 0.1) is 11.6 Å². The van der Waals surface area contributed by atoms with E-state index in [1.165, 1.54) is 12.1 Å². The van der Waals surface area contributed by atoms with Gasteiger partial charge in [0.15, 0.2) is 0 Å². The van der Waals surface area contributed by atoms with Crippen LogP contribution in [0.4, 0.5) is 9.18 Å². The van der Waals surface area contributed by atoms with E-state index >= 15 is 0 Å². The average Bonchev–Trinajstić information content (AvgIpc) is 2.66. The Kier molecular flexibility index (Phi) is 7.62. The van der Waals surface area contributed by atoms with E-state index in [2.05, 4.69) is 10.6 Å². The molecule has 3 N–H and O–H groups in total. The van der Waals surface area contributed by atoms with Crippen LogP contribution in [0.1, 0.15) is 27.5 Å². The minimum atomic E-state index is -1.20. The summed E-state index contributed by atoms with van der Waals surface area (Å²) in [4.78, 5) is 25.2. The molecule has 0 radical (unpaired) electrons. The highest BCUT2D eigenvalue weighted by Gasteiger charge is 2.28. The molecule has 1 atom stereocenters. The van der Waals surface area contributed by atoms with Crippen molar-refractivity contribution < 1.29 is 19.1 Å². The zero-order valence-corrected chi connectivity index (χ0v) is 16.4. The van der Waals surface area contributed by atoms with E-state index in [0.29, 0.717) is 24.7 Å². The fourth-order valence-electron chi connectivity index (χ4n) is 3.06. The lowest BCUT2D eigenvalue weighted by molar-refractivity contribution is 0.0696. The van der Waals surface area contributed by atoms with E-state index in [1.807, 2.05) is 18.2 Å². The smallest absolute Gasteiger partial charge is 0.335 e. The van der Waals surface area contributed by atoms with E-state index in [0.717, 1.165) is 11.6 Å². The molecule has 1 unspecified atom stereocenters. The zero-order valence-electron chi connectivity index (χ0n) is 14.8. The molecule has 0 saturated carbocycles. The normalized spacial score (nSPS) is 16.2. The lowest BCUT2D eigenvalue weighted by Gasteiger charge is -2.36. The lowest BCUT2D eigenvalue weighted by Crippen LogP contribution is -2.51. The van der Waals surface area contributed by atoms with Crippen molar-refractivity contribution in [2.75, 3.05) is 19.6 Å². The van der Waals surface area contributed by atoms with Crippen LogP contribution in [0.2, 0.25) is 5.02 Å². The zero-order chi connectivity index (χ0) is 19.4. The van der Waals surface area contributed by atoms with Crippen LogP contribution in [0.25, 0.3) is 0 Å². The maximum atomic E-state index is 14.0. The van der Waals surface area contributed by atoms with Crippen LogP contribution in [0.5, 0.6) is 0 Å². The number of nitrogens with one attached hydrogen (secondary N) is 2. The number of hydrogen-bond donors (Lipinski definition) is 3. The van der Waals surface area contributed by atoms with Gasteiger partial charge in [-0.05, 0) is 29.8 Å². The summed E-state index contributed by atoms with van der Waals surface area (Å²) in [6.45, 7) is 1.72. The third kappa shape index (κ3) is 5.13. The van der Waals surface area contributed by atoms with Crippen molar-refractivity contribution in [2.45, 2.75) is 12.6 Å². The number of carbonyl (C=O) groups is 2. The number of carboxylic acid groups (broad SMARTS) is 1. The van der Waals surface area contributed by atoms with Crippen LogP contribution in [-0.2, 0) is 6.54 Å². The van der Waals surface area contributed by atoms with Crippen LogP contribution in [0, 0.1) is 5.82 Å². The number of piperazine rings is 1. The predicted molar refractivity (Wildman–Crippen MR) is 107 cm³/mol. The highest BCUT2D eigenvalue weighted by molar-refractivity contribution is 6.30. The molecule has 1 aliphatic rings. The van der Waals surface area contributed by atoms with Gasteiger partial charge >= 0.3 is 12.0 Å². The molecule has 150 valence electrons. The first kappa shape index (κ1) is 21.9. The van der Waals surface area contributed by atoms with Crippen LogP contribution in [0.15, 0.2) is 42.5 Å². The summed E-state index contributed by atoms with van der Waals surface area (Å²) in [6.07, 6.45) is 0. The van der Waals surface area contributed by atoms with E-state index in [-0.39, 0.29) is 42.2 Å². The van der Waals surface area contributed by atoms with Crippen LogP contribution in [-0.4, -0.2) is 41.6 Å². The Morgan fingerprint density at radius 3 is 2.75 bits per heavy atom. The molecule has 3 rings (SSSR count). The number of urea groups is 1. The molecule has 9 heteroatoms. The van der Waals surface area contributed by atoms with E-state index in [4.69, 9.17) is 16.7 Å². The van der Waals surface area contributed by atoms with Crippen molar-refractivity contribution in [3.05, 3.63) is 70.0 Å². The SMILES string of the molecule is Cl.O=C(O)c1ccc(CNC(=O)N2CCNCC2c2cccc(Cl)c2)c(F)c1. The van der Waals surface area contributed by atoms with Crippen molar-refractivity contribution in [1.29, 1.82) is 0 Å². The molecule has 0 spiro atoms. The summed E-state index contributed by atoms with van der Waals surface area (Å²) >= 11 is 6.06. The molecular weight excluding hydrogens is 408 g/mol. The second-order valence-corrected chi connectivity index (χ2v) is 6.67. The van der Waals surface area contributed by atoms with Gasteiger partial charge in [-0.2, -0.15) is 0 Å². The molecule has 1 aliphatic heterocycles. The first-order chi connectivity index (χ1) is 13.0. The van der Waals surface area contributed by atoms with Crippen LogP contribution < -0.4 is 10.6 Å². The number of rotatable bonds is 4. The molecule has 2 aromatic carbocycles. The van der Waals surface area contributed by atoms with Crippen LogP contribution in [0.3, 0.4) is 0 Å². The Labute approximate surface area is 173 Å². The fourth-order valence-corrected chi connectivity index (χ4v) is 3.25. The van der Waals surface area contributed by atoms with Crippen molar-refractivity contribution in [2.24, 2.45) is 0 Å². The molecule has 1 saturated heterocycles. The number of nitrogens with zero attached hydrogens (tertiary/aromatic N) is 1. The largest absolute Gasteiger partial charge is 0.478 e. The maximum Gasteiger partial charge on any atom is 0.335 e. The summed E-state index contributed by atoms with van der Waals surface area (Å²) in [7, 11) is 0. The summed E-state index contributed by atoms with van der Waals surface area (Å²) in [5, 5.41) is 15.5. The van der Waals surface area contributed by atoms with Gasteiger partial charge in [0.1, 0.15) is 5.82 Å². The number of amides is 2. The summed E-state index contributed by atoms with van der Waals surface area (Å²) in [5.74, 6) is -1.86. The van der Waals surface area contributed by atoms with Crippen molar-refractivity contribution in [1.82, 2.24) is 15.5 Å². The van der Waals surface area contributed by atoms with E-state index in [1.54, 1.807) is 11.0 Å². The van der Waals surface area contributed by atoms with Gasteiger partial charge in [-0.15, -0.1) is 12.4 Å². The van der Waals surface area contributed by atoms with E-state index < -0.39 is 11.8 Å². The highest BCUT2D eigenvalue weighted by Crippen LogP contribution is 2.24. The molecule has 6 nitrogen and oxygen atoms in total. The monoisotopic (exact) mass is 427 g/mol. The van der Waals surface area contributed by atoms with Crippen molar-refractivity contribution in [3.63, 3.8) is 0 Å². The first-order valence-electron chi connectivity index (χ1n) is 8.48. The number of hydrogen-bond acceptors (Lipinski definition) is 3. The topological polar surface area (TPSA) is 81.7 Å². The Morgan fingerprint density at radius 1 is 1.29 bits per heavy atom. The Bertz CT molecular complexity index is 866. The molecule has 0 aromatic heterocycles. The molecule has 1 fully saturated rings. The number of benzene rings is 2. The Balaban J connectivity index is 0.00000280. The third-order valence-electron chi connectivity index (χ3n) is 4.47. The van der Waals surface area contributed by atoms with Gasteiger partial charge < -0.3 is 20.6 Å². The summed E-state index contributed by atoms with van der Waals surface area (Å²) in [5.41, 5.74) is 1.01. The maximum absolute atomic E-state index is 14.0. The number of aromatic carboxylic acids is 1. The second kappa shape index (κ2) is 9.73. The highest BCUT2D eigenvalue weighted by atomic mass is 35.5. The van der Waals surface area contributed by atoms with Gasteiger partial charge in [0.25, 0.3) is 0 Å². The second-order valence-electron chi connectivity index (χ2n) is 6.24. The number of carbonyl (C=O) groups excluding carboxylic acids is 1. The molecular formula is C19H20Cl2FN3O3. The molecule has 0 aliphatic carbocycles. The third-order valence-corrected chi connectivity index (χ3v) is 4.70. The minimum absolute atomic E-state index is 0. The summed E-state index contributed by atoms with van der Waals surface area (Å²) in [6, 6.07) is 10.5. The average molecular weight is 428 g/mol. The van der Waals surface area contributed by atoms with Gasteiger partial charge in [-0.1, -0.05) is 29.8 Å². The van der Waals surface area contributed by atoms with Gasteiger partial charge in [-0.25, -0.2) is 14.0 Å². The summed E-state index contributed by atoms with van der Waals surface area (Å²) < 4.78 is 14.0. The minimum Gasteiger partial charge on any atom is -0.478 e. The quantitative estimate of drug-likeness (QED) is 0.697. The van der Waals surface area contributed by atoms with Gasteiger partial charge in [0.2, 0.25) is 0 Å². The molecule has 2 aromatic rings. The van der Waals surface area contributed by atoms with Crippen LogP contribution >= 0.6 is 24.0 Å². The molecule has 1 heterocycles. The fraction of sp³-hybridized carbons (Fsp3) is 0.263. The van der Waals surface area contributed by atoms with E-state index in [9.17, 15) is 14.0 Å². The molecule has 0 bridgehead atoms.